The molecule has 0 saturated heterocycles. The van der Waals surface area contributed by atoms with Crippen molar-refractivity contribution in [3.8, 4) is 5.69 Å². The second-order valence-electron chi connectivity index (χ2n) is 7.54. The summed E-state index contributed by atoms with van der Waals surface area (Å²) in [6.07, 6.45) is 0. The van der Waals surface area contributed by atoms with E-state index >= 15 is 0 Å². The first-order valence-corrected chi connectivity index (χ1v) is 10.4. The third-order valence-electron chi connectivity index (χ3n) is 5.47. The van der Waals surface area contributed by atoms with E-state index in [0.29, 0.717) is 33.0 Å². The van der Waals surface area contributed by atoms with Crippen LogP contribution in [-0.2, 0) is 0 Å². The first kappa shape index (κ1) is 20.8. The van der Waals surface area contributed by atoms with Gasteiger partial charge < -0.3 is 4.90 Å². The van der Waals surface area contributed by atoms with Crippen molar-refractivity contribution in [1.29, 1.82) is 0 Å². The number of carbonyl (C=O) groups excluding carboxylic acids is 1. The summed E-state index contributed by atoms with van der Waals surface area (Å²) in [6, 6.07) is 21.4. The zero-order chi connectivity index (χ0) is 22.1. The van der Waals surface area contributed by atoms with Crippen LogP contribution in [0.25, 0.3) is 16.6 Å². The summed E-state index contributed by atoms with van der Waals surface area (Å²) in [5, 5.41) is 0.910. The molecule has 0 aliphatic rings. The van der Waals surface area contributed by atoms with Gasteiger partial charge in [-0.25, -0.2) is 4.98 Å². The number of benzene rings is 3. The number of amides is 1. The number of hydrogen-bond acceptors (Lipinski definition) is 3. The van der Waals surface area contributed by atoms with Gasteiger partial charge in [-0.1, -0.05) is 53.6 Å². The monoisotopic (exact) mass is 431 g/mol. The molecule has 0 bridgehead atoms. The zero-order valence-electron chi connectivity index (χ0n) is 17.5. The largest absolute Gasteiger partial charge is 0.332 e. The molecule has 1 unspecified atom stereocenters. The van der Waals surface area contributed by atoms with Crippen LogP contribution in [0.1, 0.15) is 34.7 Å². The highest BCUT2D eigenvalue weighted by Crippen LogP contribution is 2.25. The number of para-hydroxylation sites is 1. The summed E-state index contributed by atoms with van der Waals surface area (Å²) in [5.41, 5.74) is 2.62. The summed E-state index contributed by atoms with van der Waals surface area (Å²) >= 11 is 6.24. The molecule has 5 nitrogen and oxygen atoms in total. The van der Waals surface area contributed by atoms with E-state index in [-0.39, 0.29) is 11.5 Å². The van der Waals surface area contributed by atoms with Crippen LogP contribution in [0.3, 0.4) is 0 Å². The fraction of sp³-hybridized carbons (Fsp3) is 0.160. The minimum absolute atomic E-state index is 0.171. The predicted molar refractivity (Wildman–Crippen MR) is 124 cm³/mol. The molecule has 3 aromatic carbocycles. The van der Waals surface area contributed by atoms with Gasteiger partial charge in [-0.05, 0) is 50.2 Å². The summed E-state index contributed by atoms with van der Waals surface area (Å²) in [6.45, 7) is 3.85. The van der Waals surface area contributed by atoms with Crippen molar-refractivity contribution < 1.29 is 4.79 Å². The molecule has 6 heteroatoms. The van der Waals surface area contributed by atoms with Gasteiger partial charge in [0.15, 0.2) is 0 Å². The Morgan fingerprint density at radius 1 is 1.00 bits per heavy atom. The van der Waals surface area contributed by atoms with Crippen molar-refractivity contribution in [2.24, 2.45) is 0 Å². The Morgan fingerprint density at radius 2 is 1.65 bits per heavy atom. The lowest BCUT2D eigenvalue weighted by molar-refractivity contribution is 0.0735. The van der Waals surface area contributed by atoms with E-state index < -0.39 is 6.04 Å². The second-order valence-corrected chi connectivity index (χ2v) is 7.94. The smallest absolute Gasteiger partial charge is 0.266 e. The quantitative estimate of drug-likeness (QED) is 0.447. The van der Waals surface area contributed by atoms with Gasteiger partial charge in [0.2, 0.25) is 0 Å². The standard InChI is InChI=1S/C25H22ClN3O2/c1-16-12-14-18(15-13-16)29-23(27-22-11-7-5-9-20(22)25(29)31)17(2)28(3)24(30)19-8-4-6-10-21(19)26/h4-15,17H,1-3H3. The lowest BCUT2D eigenvalue weighted by atomic mass is 10.1. The summed E-state index contributed by atoms with van der Waals surface area (Å²) in [4.78, 5) is 33.0. The van der Waals surface area contributed by atoms with E-state index in [1.54, 1.807) is 46.8 Å². The second kappa shape index (κ2) is 8.36. The van der Waals surface area contributed by atoms with Crippen molar-refractivity contribution in [3.63, 3.8) is 0 Å². The molecule has 4 aromatic rings. The average Bonchev–Trinajstić information content (AvgIpc) is 2.79. The molecule has 0 spiro atoms. The highest BCUT2D eigenvalue weighted by Gasteiger charge is 2.25. The number of aromatic nitrogens is 2. The minimum Gasteiger partial charge on any atom is -0.332 e. The van der Waals surface area contributed by atoms with Crippen molar-refractivity contribution in [3.05, 3.63) is 105 Å². The Morgan fingerprint density at radius 3 is 2.35 bits per heavy atom. The Balaban J connectivity index is 1.88. The Bertz CT molecular complexity index is 1330. The number of nitrogens with zero attached hydrogens (tertiary/aromatic N) is 3. The maximum Gasteiger partial charge on any atom is 0.266 e. The first-order chi connectivity index (χ1) is 14.9. The van der Waals surface area contributed by atoms with Gasteiger partial charge in [-0.15, -0.1) is 0 Å². The maximum atomic E-state index is 13.5. The van der Waals surface area contributed by atoms with Gasteiger partial charge in [-0.2, -0.15) is 0 Å². The topological polar surface area (TPSA) is 55.2 Å². The van der Waals surface area contributed by atoms with E-state index in [2.05, 4.69) is 0 Å². The van der Waals surface area contributed by atoms with Crippen LogP contribution in [0.2, 0.25) is 5.02 Å². The first-order valence-electron chi connectivity index (χ1n) is 9.99. The molecule has 1 heterocycles. The minimum atomic E-state index is -0.484. The van der Waals surface area contributed by atoms with Crippen molar-refractivity contribution >= 4 is 28.4 Å². The number of fused-ring (bicyclic) bond motifs is 1. The molecular formula is C25H22ClN3O2. The van der Waals surface area contributed by atoms with E-state index in [0.717, 1.165) is 5.56 Å². The third kappa shape index (κ3) is 3.84. The van der Waals surface area contributed by atoms with Crippen LogP contribution in [-0.4, -0.2) is 27.4 Å². The maximum absolute atomic E-state index is 13.5. The number of hydrogen-bond donors (Lipinski definition) is 0. The zero-order valence-corrected chi connectivity index (χ0v) is 18.3. The van der Waals surface area contributed by atoms with Crippen molar-refractivity contribution in [1.82, 2.24) is 14.5 Å². The molecule has 156 valence electrons. The number of halogens is 1. The molecular weight excluding hydrogens is 410 g/mol. The molecule has 0 saturated carbocycles. The molecule has 0 aliphatic heterocycles. The van der Waals surface area contributed by atoms with Crippen LogP contribution in [0.5, 0.6) is 0 Å². The van der Waals surface area contributed by atoms with Gasteiger partial charge >= 0.3 is 0 Å². The molecule has 0 N–H and O–H groups in total. The SMILES string of the molecule is Cc1ccc(-n2c(C(C)N(C)C(=O)c3ccccc3Cl)nc3ccccc3c2=O)cc1. The lowest BCUT2D eigenvalue weighted by Crippen LogP contribution is -2.35. The summed E-state index contributed by atoms with van der Waals surface area (Å²) in [5.74, 6) is 0.242. The summed E-state index contributed by atoms with van der Waals surface area (Å²) < 4.78 is 1.59. The van der Waals surface area contributed by atoms with E-state index in [1.807, 2.05) is 56.3 Å². The van der Waals surface area contributed by atoms with Crippen LogP contribution in [0, 0.1) is 6.92 Å². The van der Waals surface area contributed by atoms with Gasteiger partial charge in [0.25, 0.3) is 11.5 Å². The Hall–Kier alpha value is -3.44. The normalized spacial score (nSPS) is 12.0. The molecule has 1 amide bonds. The molecule has 31 heavy (non-hydrogen) atoms. The van der Waals surface area contributed by atoms with Crippen LogP contribution < -0.4 is 5.56 Å². The van der Waals surface area contributed by atoms with Crippen LogP contribution in [0.4, 0.5) is 0 Å². The molecule has 1 aromatic heterocycles. The average molecular weight is 432 g/mol. The molecule has 0 aliphatic carbocycles. The van der Waals surface area contributed by atoms with Crippen molar-refractivity contribution in [2.45, 2.75) is 19.9 Å². The van der Waals surface area contributed by atoms with Crippen LogP contribution in [0.15, 0.2) is 77.6 Å². The Kier molecular flexibility index (Phi) is 5.61. The van der Waals surface area contributed by atoms with E-state index in [4.69, 9.17) is 16.6 Å². The number of carbonyl (C=O) groups is 1. The number of aryl methyl sites for hydroxylation is 1. The van der Waals surface area contributed by atoms with Crippen molar-refractivity contribution in [2.75, 3.05) is 7.05 Å². The fourth-order valence-electron chi connectivity index (χ4n) is 3.55. The molecule has 1 atom stereocenters. The molecule has 4 rings (SSSR count). The highest BCUT2D eigenvalue weighted by molar-refractivity contribution is 6.33. The van der Waals surface area contributed by atoms with Gasteiger partial charge in [-0.3, -0.25) is 14.2 Å². The highest BCUT2D eigenvalue weighted by atomic mass is 35.5. The third-order valence-corrected chi connectivity index (χ3v) is 5.80. The number of rotatable bonds is 4. The van der Waals surface area contributed by atoms with Gasteiger partial charge in [0.05, 0.1) is 33.2 Å². The lowest BCUT2D eigenvalue weighted by Gasteiger charge is -2.27. The van der Waals surface area contributed by atoms with Gasteiger partial charge in [0.1, 0.15) is 5.82 Å². The van der Waals surface area contributed by atoms with Crippen LogP contribution >= 0.6 is 11.6 Å². The van der Waals surface area contributed by atoms with E-state index in [9.17, 15) is 9.59 Å². The Labute approximate surface area is 185 Å². The predicted octanol–water partition coefficient (Wildman–Crippen LogP) is 5.18. The summed E-state index contributed by atoms with van der Waals surface area (Å²) in [7, 11) is 1.69. The van der Waals surface area contributed by atoms with Gasteiger partial charge in [0, 0.05) is 7.05 Å². The van der Waals surface area contributed by atoms with E-state index in [1.165, 1.54) is 0 Å². The molecule has 0 fully saturated rings. The fourth-order valence-corrected chi connectivity index (χ4v) is 3.76. The molecule has 0 radical (unpaired) electrons.